The van der Waals surface area contributed by atoms with Crippen molar-refractivity contribution >= 4 is 0 Å². The quantitative estimate of drug-likeness (QED) is 0.726. The Balaban J connectivity index is 1.97. The lowest BCUT2D eigenvalue weighted by atomic mass is 10.2. The van der Waals surface area contributed by atoms with Crippen LogP contribution in [-0.4, -0.2) is 18.6 Å². The van der Waals surface area contributed by atoms with Gasteiger partial charge in [0.05, 0.1) is 0 Å². The summed E-state index contributed by atoms with van der Waals surface area (Å²) in [5, 5.41) is 3.20. The summed E-state index contributed by atoms with van der Waals surface area (Å²) < 4.78 is 0. The first-order valence-corrected chi connectivity index (χ1v) is 4.47. The molecule has 0 bridgehead atoms. The van der Waals surface area contributed by atoms with Crippen molar-refractivity contribution in [2.24, 2.45) is 5.92 Å². The highest BCUT2D eigenvalue weighted by Crippen LogP contribution is 2.45. The Morgan fingerprint density at radius 2 is 2.50 bits per heavy atom. The molecular formula is C10H14N2. The van der Waals surface area contributed by atoms with Gasteiger partial charge in [-0.15, -0.1) is 0 Å². The van der Waals surface area contributed by atoms with Gasteiger partial charge in [-0.25, -0.2) is 0 Å². The molecule has 1 aromatic heterocycles. The molecule has 1 aliphatic rings. The Labute approximate surface area is 73.0 Å². The van der Waals surface area contributed by atoms with Crippen LogP contribution in [0.5, 0.6) is 0 Å². The molecule has 64 valence electrons. The highest BCUT2D eigenvalue weighted by molar-refractivity contribution is 5.17. The van der Waals surface area contributed by atoms with Crippen LogP contribution in [-0.2, 0) is 0 Å². The van der Waals surface area contributed by atoms with Crippen molar-refractivity contribution in [3.05, 3.63) is 30.1 Å². The second kappa shape index (κ2) is 3.23. The fraction of sp³-hybridized carbons (Fsp3) is 0.500. The Morgan fingerprint density at radius 1 is 1.58 bits per heavy atom. The molecule has 2 rings (SSSR count). The summed E-state index contributed by atoms with van der Waals surface area (Å²) in [7, 11) is 2.01. The summed E-state index contributed by atoms with van der Waals surface area (Å²) in [5.74, 6) is 1.54. The van der Waals surface area contributed by atoms with E-state index in [-0.39, 0.29) is 0 Å². The Morgan fingerprint density at radius 3 is 3.17 bits per heavy atom. The van der Waals surface area contributed by atoms with Crippen molar-refractivity contribution in [2.45, 2.75) is 12.3 Å². The summed E-state index contributed by atoms with van der Waals surface area (Å²) >= 11 is 0. The second-order valence-corrected chi connectivity index (χ2v) is 3.41. The molecular weight excluding hydrogens is 148 g/mol. The van der Waals surface area contributed by atoms with Crippen LogP contribution in [0.3, 0.4) is 0 Å². The first kappa shape index (κ1) is 7.74. The lowest BCUT2D eigenvalue weighted by Gasteiger charge is -1.97. The molecule has 0 amide bonds. The van der Waals surface area contributed by atoms with Gasteiger partial charge in [-0.2, -0.15) is 0 Å². The first-order chi connectivity index (χ1) is 5.92. The van der Waals surface area contributed by atoms with E-state index < -0.39 is 0 Å². The Kier molecular flexibility index (Phi) is 2.09. The maximum absolute atomic E-state index is 4.35. The van der Waals surface area contributed by atoms with Crippen molar-refractivity contribution in [3.63, 3.8) is 0 Å². The van der Waals surface area contributed by atoms with Crippen molar-refractivity contribution in [1.29, 1.82) is 0 Å². The molecule has 1 aromatic rings. The molecule has 1 aliphatic carbocycles. The van der Waals surface area contributed by atoms with Crippen LogP contribution in [0.2, 0.25) is 0 Å². The minimum atomic E-state index is 0.721. The normalized spacial score (nSPS) is 27.1. The molecule has 0 aromatic carbocycles. The van der Waals surface area contributed by atoms with Gasteiger partial charge in [-0.1, -0.05) is 6.07 Å². The number of rotatable bonds is 3. The van der Waals surface area contributed by atoms with Crippen LogP contribution in [0.25, 0.3) is 0 Å². The Hall–Kier alpha value is -0.890. The number of nitrogens with one attached hydrogen (secondary N) is 1. The predicted octanol–water partition coefficient (Wildman–Crippen LogP) is 1.40. The van der Waals surface area contributed by atoms with Gasteiger partial charge in [0.2, 0.25) is 0 Å². The predicted molar refractivity (Wildman–Crippen MR) is 49.0 cm³/mol. The number of nitrogens with zero attached hydrogens (tertiary/aromatic N) is 1. The fourth-order valence-corrected chi connectivity index (χ4v) is 1.69. The zero-order chi connectivity index (χ0) is 8.39. The highest BCUT2D eigenvalue weighted by atomic mass is 14.8. The second-order valence-electron chi connectivity index (χ2n) is 3.41. The largest absolute Gasteiger partial charge is 0.319 e. The molecule has 0 saturated heterocycles. The van der Waals surface area contributed by atoms with E-state index in [0.29, 0.717) is 0 Å². The van der Waals surface area contributed by atoms with Crippen LogP contribution in [0, 0.1) is 5.92 Å². The summed E-state index contributed by atoms with van der Waals surface area (Å²) in [5.41, 5.74) is 1.26. The molecule has 1 N–H and O–H groups in total. The lowest BCUT2D eigenvalue weighted by Crippen LogP contribution is -2.10. The van der Waals surface area contributed by atoms with Gasteiger partial charge in [0, 0.05) is 17.8 Å². The molecule has 2 nitrogen and oxygen atoms in total. The molecule has 2 unspecified atom stereocenters. The Bertz CT molecular complexity index is 245. The van der Waals surface area contributed by atoms with Crippen molar-refractivity contribution < 1.29 is 0 Å². The van der Waals surface area contributed by atoms with Gasteiger partial charge < -0.3 is 5.32 Å². The molecule has 2 heteroatoms. The SMILES string of the molecule is CNCC1CC1c1ccccn1. The molecule has 0 aliphatic heterocycles. The van der Waals surface area contributed by atoms with Gasteiger partial charge in [0.15, 0.2) is 0 Å². The molecule has 1 fully saturated rings. The third-order valence-corrected chi connectivity index (χ3v) is 2.46. The first-order valence-electron chi connectivity index (χ1n) is 4.47. The van der Waals surface area contributed by atoms with E-state index in [4.69, 9.17) is 0 Å². The van der Waals surface area contributed by atoms with E-state index in [1.807, 2.05) is 19.3 Å². The molecule has 0 spiro atoms. The topological polar surface area (TPSA) is 24.9 Å². The minimum Gasteiger partial charge on any atom is -0.319 e. The van der Waals surface area contributed by atoms with Gasteiger partial charge in [0.25, 0.3) is 0 Å². The summed E-state index contributed by atoms with van der Waals surface area (Å²) in [4.78, 5) is 4.35. The van der Waals surface area contributed by atoms with E-state index in [1.54, 1.807) is 0 Å². The smallest absolute Gasteiger partial charge is 0.0437 e. The summed E-state index contributed by atoms with van der Waals surface area (Å²) in [6, 6.07) is 6.16. The van der Waals surface area contributed by atoms with E-state index in [2.05, 4.69) is 22.4 Å². The third-order valence-electron chi connectivity index (χ3n) is 2.46. The van der Waals surface area contributed by atoms with E-state index in [0.717, 1.165) is 18.4 Å². The maximum Gasteiger partial charge on any atom is 0.0437 e. The molecule has 12 heavy (non-hydrogen) atoms. The molecule has 1 heterocycles. The summed E-state index contributed by atoms with van der Waals surface area (Å²) in [6.07, 6.45) is 3.18. The van der Waals surface area contributed by atoms with Crippen LogP contribution in [0.4, 0.5) is 0 Å². The number of hydrogen-bond donors (Lipinski definition) is 1. The lowest BCUT2D eigenvalue weighted by molar-refractivity contribution is 0.693. The van der Waals surface area contributed by atoms with Crippen molar-refractivity contribution in [2.75, 3.05) is 13.6 Å². The molecule has 0 radical (unpaired) electrons. The van der Waals surface area contributed by atoms with Gasteiger partial charge in [0.1, 0.15) is 0 Å². The van der Waals surface area contributed by atoms with Crippen LogP contribution in [0.15, 0.2) is 24.4 Å². The van der Waals surface area contributed by atoms with E-state index >= 15 is 0 Å². The monoisotopic (exact) mass is 162 g/mol. The average Bonchev–Trinajstić information content (AvgIpc) is 2.87. The molecule has 1 saturated carbocycles. The van der Waals surface area contributed by atoms with Crippen LogP contribution >= 0.6 is 0 Å². The van der Waals surface area contributed by atoms with Gasteiger partial charge >= 0.3 is 0 Å². The summed E-state index contributed by atoms with van der Waals surface area (Å²) in [6.45, 7) is 1.13. The zero-order valence-corrected chi connectivity index (χ0v) is 7.33. The third kappa shape index (κ3) is 1.48. The fourth-order valence-electron chi connectivity index (χ4n) is 1.69. The zero-order valence-electron chi connectivity index (χ0n) is 7.33. The van der Waals surface area contributed by atoms with E-state index in [9.17, 15) is 0 Å². The van der Waals surface area contributed by atoms with Crippen molar-refractivity contribution in [1.82, 2.24) is 10.3 Å². The van der Waals surface area contributed by atoms with Crippen LogP contribution < -0.4 is 5.32 Å². The van der Waals surface area contributed by atoms with Gasteiger partial charge in [-0.3, -0.25) is 4.98 Å². The number of aromatic nitrogens is 1. The highest BCUT2D eigenvalue weighted by Gasteiger charge is 2.38. The maximum atomic E-state index is 4.35. The van der Waals surface area contributed by atoms with Gasteiger partial charge in [-0.05, 0) is 38.1 Å². The van der Waals surface area contributed by atoms with E-state index in [1.165, 1.54) is 12.1 Å². The van der Waals surface area contributed by atoms with Crippen molar-refractivity contribution in [3.8, 4) is 0 Å². The number of hydrogen-bond acceptors (Lipinski definition) is 2. The average molecular weight is 162 g/mol. The van der Waals surface area contributed by atoms with Crippen LogP contribution in [0.1, 0.15) is 18.0 Å². The number of pyridine rings is 1. The minimum absolute atomic E-state index is 0.721. The standard InChI is InChI=1S/C10H14N2/c1-11-7-8-6-9(8)10-4-2-3-5-12-10/h2-5,8-9,11H,6-7H2,1H3. The molecule has 2 atom stereocenters.